The van der Waals surface area contributed by atoms with E-state index in [1.807, 2.05) is 0 Å². The molecule has 2 rings (SSSR count). The van der Waals surface area contributed by atoms with Crippen molar-refractivity contribution in [3.8, 4) is 0 Å². The Kier molecular flexibility index (Phi) is 4.42. The predicted molar refractivity (Wildman–Crippen MR) is 77.0 cm³/mol. The van der Waals surface area contributed by atoms with Gasteiger partial charge in [-0.2, -0.15) is 0 Å². The molecule has 5 heteroatoms. The average molecular weight is 282 g/mol. The number of rotatable bonds is 3. The molecule has 0 saturated heterocycles. The SMILES string of the molecule is CC1CCC(CN)(C(=O)Nc2cccc(Cl)n2)CC1. The van der Waals surface area contributed by atoms with Gasteiger partial charge in [-0.3, -0.25) is 4.79 Å². The van der Waals surface area contributed by atoms with Crippen LogP contribution in [0.3, 0.4) is 0 Å². The number of anilines is 1. The Bertz CT molecular complexity index is 456. The van der Waals surface area contributed by atoms with E-state index in [1.54, 1.807) is 18.2 Å². The standard InChI is InChI=1S/C14H20ClN3O/c1-10-5-7-14(9-16,8-6-10)13(19)18-12-4-2-3-11(15)17-12/h2-4,10H,5-9,16H2,1H3,(H,17,18,19). The van der Waals surface area contributed by atoms with Gasteiger partial charge in [0.05, 0.1) is 5.41 Å². The second-order valence-corrected chi connectivity index (χ2v) is 5.85. The first-order valence-electron chi connectivity index (χ1n) is 6.70. The number of amides is 1. The fourth-order valence-electron chi connectivity index (χ4n) is 2.57. The minimum absolute atomic E-state index is 0.0309. The van der Waals surface area contributed by atoms with E-state index in [1.165, 1.54) is 0 Å². The second-order valence-electron chi connectivity index (χ2n) is 5.47. The Labute approximate surface area is 118 Å². The number of pyridine rings is 1. The highest BCUT2D eigenvalue weighted by molar-refractivity contribution is 6.29. The number of aromatic nitrogens is 1. The minimum atomic E-state index is -0.448. The van der Waals surface area contributed by atoms with E-state index >= 15 is 0 Å². The van der Waals surface area contributed by atoms with Crippen LogP contribution in [0.15, 0.2) is 18.2 Å². The van der Waals surface area contributed by atoms with E-state index in [0.29, 0.717) is 23.4 Å². The van der Waals surface area contributed by atoms with E-state index in [2.05, 4.69) is 17.2 Å². The minimum Gasteiger partial charge on any atom is -0.329 e. The summed E-state index contributed by atoms with van der Waals surface area (Å²) in [6.45, 7) is 2.60. The quantitative estimate of drug-likeness (QED) is 0.837. The zero-order chi connectivity index (χ0) is 13.9. The van der Waals surface area contributed by atoms with Gasteiger partial charge in [0.1, 0.15) is 11.0 Å². The molecular formula is C14H20ClN3O. The van der Waals surface area contributed by atoms with Crippen LogP contribution >= 0.6 is 11.6 Å². The van der Waals surface area contributed by atoms with Crippen LogP contribution in [0.1, 0.15) is 32.6 Å². The maximum absolute atomic E-state index is 12.5. The average Bonchev–Trinajstić information content (AvgIpc) is 2.40. The third kappa shape index (κ3) is 3.25. The topological polar surface area (TPSA) is 68.0 Å². The first kappa shape index (κ1) is 14.3. The molecule has 1 aromatic rings. The van der Waals surface area contributed by atoms with Crippen LogP contribution in [0.4, 0.5) is 5.82 Å². The third-order valence-electron chi connectivity index (χ3n) is 4.06. The van der Waals surface area contributed by atoms with Crippen molar-refractivity contribution in [2.24, 2.45) is 17.1 Å². The number of nitrogens with zero attached hydrogens (tertiary/aromatic N) is 1. The summed E-state index contributed by atoms with van der Waals surface area (Å²) in [5, 5.41) is 3.22. The van der Waals surface area contributed by atoms with Crippen molar-refractivity contribution in [3.63, 3.8) is 0 Å². The van der Waals surface area contributed by atoms with Crippen LogP contribution in [0.25, 0.3) is 0 Å². The molecule has 1 aliphatic carbocycles. The molecule has 1 heterocycles. The number of carbonyl (C=O) groups is 1. The van der Waals surface area contributed by atoms with Crippen molar-refractivity contribution in [3.05, 3.63) is 23.4 Å². The van der Waals surface area contributed by atoms with E-state index in [4.69, 9.17) is 17.3 Å². The molecule has 1 fully saturated rings. The molecule has 0 radical (unpaired) electrons. The van der Waals surface area contributed by atoms with Gasteiger partial charge < -0.3 is 11.1 Å². The van der Waals surface area contributed by atoms with Gasteiger partial charge in [0.2, 0.25) is 5.91 Å². The molecule has 1 aromatic heterocycles. The Morgan fingerprint density at radius 1 is 1.53 bits per heavy atom. The van der Waals surface area contributed by atoms with Crippen LogP contribution < -0.4 is 11.1 Å². The highest BCUT2D eigenvalue weighted by atomic mass is 35.5. The number of carbonyl (C=O) groups excluding carboxylic acids is 1. The Hall–Kier alpha value is -1.13. The van der Waals surface area contributed by atoms with Gasteiger partial charge >= 0.3 is 0 Å². The van der Waals surface area contributed by atoms with E-state index in [9.17, 15) is 4.79 Å². The smallest absolute Gasteiger partial charge is 0.233 e. The van der Waals surface area contributed by atoms with Gasteiger partial charge in [0.15, 0.2) is 0 Å². The van der Waals surface area contributed by atoms with Gasteiger partial charge in [-0.05, 0) is 43.7 Å². The highest BCUT2D eigenvalue weighted by Crippen LogP contribution is 2.38. The van der Waals surface area contributed by atoms with Gasteiger partial charge in [-0.25, -0.2) is 4.98 Å². The van der Waals surface area contributed by atoms with E-state index < -0.39 is 5.41 Å². The Morgan fingerprint density at radius 3 is 2.79 bits per heavy atom. The Balaban J connectivity index is 2.09. The number of nitrogens with two attached hydrogens (primary N) is 1. The first-order chi connectivity index (χ1) is 9.05. The normalized spacial score (nSPS) is 27.0. The zero-order valence-electron chi connectivity index (χ0n) is 11.2. The molecule has 19 heavy (non-hydrogen) atoms. The fraction of sp³-hybridized carbons (Fsp3) is 0.571. The van der Waals surface area contributed by atoms with E-state index in [0.717, 1.165) is 25.7 Å². The van der Waals surface area contributed by atoms with Gasteiger partial charge in [-0.15, -0.1) is 0 Å². The summed E-state index contributed by atoms with van der Waals surface area (Å²) in [7, 11) is 0. The van der Waals surface area contributed by atoms with Gasteiger partial charge in [0, 0.05) is 6.54 Å². The third-order valence-corrected chi connectivity index (χ3v) is 4.27. The number of hydrogen-bond donors (Lipinski definition) is 2. The maximum Gasteiger partial charge on any atom is 0.233 e. The molecule has 1 saturated carbocycles. The summed E-state index contributed by atoms with van der Waals surface area (Å²) in [5.74, 6) is 1.14. The van der Waals surface area contributed by atoms with Crippen LogP contribution in [0, 0.1) is 11.3 Å². The molecule has 4 nitrogen and oxygen atoms in total. The summed E-state index contributed by atoms with van der Waals surface area (Å²) < 4.78 is 0. The van der Waals surface area contributed by atoms with Crippen LogP contribution in [0.5, 0.6) is 0 Å². The monoisotopic (exact) mass is 281 g/mol. The molecule has 104 valence electrons. The second kappa shape index (κ2) is 5.88. The van der Waals surface area contributed by atoms with Crippen LogP contribution in [-0.2, 0) is 4.79 Å². The first-order valence-corrected chi connectivity index (χ1v) is 7.08. The highest BCUT2D eigenvalue weighted by Gasteiger charge is 2.39. The number of hydrogen-bond acceptors (Lipinski definition) is 3. The molecule has 3 N–H and O–H groups in total. The van der Waals surface area contributed by atoms with Crippen molar-refractivity contribution < 1.29 is 4.79 Å². The molecule has 0 spiro atoms. The number of halogens is 1. The summed E-state index contributed by atoms with van der Waals surface area (Å²) in [6, 6.07) is 5.18. The van der Waals surface area contributed by atoms with Crippen molar-refractivity contribution in [1.82, 2.24) is 4.98 Å². The van der Waals surface area contributed by atoms with Crippen molar-refractivity contribution in [2.75, 3.05) is 11.9 Å². The molecule has 0 aromatic carbocycles. The molecule has 0 atom stereocenters. The Morgan fingerprint density at radius 2 is 2.21 bits per heavy atom. The van der Waals surface area contributed by atoms with Crippen molar-refractivity contribution in [2.45, 2.75) is 32.6 Å². The van der Waals surface area contributed by atoms with Gasteiger partial charge in [-0.1, -0.05) is 24.6 Å². The van der Waals surface area contributed by atoms with E-state index in [-0.39, 0.29) is 5.91 Å². The van der Waals surface area contributed by atoms with Crippen molar-refractivity contribution >= 4 is 23.3 Å². The molecule has 0 bridgehead atoms. The number of nitrogens with one attached hydrogen (secondary N) is 1. The zero-order valence-corrected chi connectivity index (χ0v) is 11.9. The lowest BCUT2D eigenvalue weighted by Crippen LogP contribution is -2.45. The predicted octanol–water partition coefficient (Wildman–Crippen LogP) is 2.83. The summed E-state index contributed by atoms with van der Waals surface area (Å²) >= 11 is 5.81. The summed E-state index contributed by atoms with van der Waals surface area (Å²) in [6.07, 6.45) is 3.79. The lowest BCUT2D eigenvalue weighted by molar-refractivity contribution is -0.127. The van der Waals surface area contributed by atoms with Crippen molar-refractivity contribution in [1.29, 1.82) is 0 Å². The molecule has 1 aliphatic rings. The molecular weight excluding hydrogens is 262 g/mol. The molecule has 1 amide bonds. The molecule has 0 aliphatic heterocycles. The fourth-order valence-corrected chi connectivity index (χ4v) is 2.73. The van der Waals surface area contributed by atoms with Crippen LogP contribution in [0.2, 0.25) is 5.15 Å². The summed E-state index contributed by atoms with van der Waals surface area (Å²) in [4.78, 5) is 16.5. The summed E-state index contributed by atoms with van der Waals surface area (Å²) in [5.41, 5.74) is 5.41. The van der Waals surface area contributed by atoms with Gasteiger partial charge in [0.25, 0.3) is 0 Å². The largest absolute Gasteiger partial charge is 0.329 e. The lowest BCUT2D eigenvalue weighted by atomic mass is 9.70. The molecule has 0 unspecified atom stereocenters. The maximum atomic E-state index is 12.5. The lowest BCUT2D eigenvalue weighted by Gasteiger charge is -2.36. The van der Waals surface area contributed by atoms with Crippen LogP contribution in [-0.4, -0.2) is 17.4 Å².